The van der Waals surface area contributed by atoms with Gasteiger partial charge in [0, 0.05) is 12.6 Å². The van der Waals surface area contributed by atoms with Gasteiger partial charge in [-0.1, -0.05) is 6.07 Å². The standard InChI is InChI=1S/C13H20N4O/c1-9(10-6-7-10)17(2)8-11-4-3-5-12(15-11)13(18)16-14/h3-5,9-10H,6-8,14H2,1-2H3,(H,16,18). The zero-order valence-corrected chi connectivity index (χ0v) is 10.9. The summed E-state index contributed by atoms with van der Waals surface area (Å²) in [5, 5.41) is 0. The zero-order chi connectivity index (χ0) is 13.1. The topological polar surface area (TPSA) is 71.2 Å². The Balaban J connectivity index is 2.02. The van der Waals surface area contributed by atoms with Crippen molar-refractivity contribution >= 4 is 5.91 Å². The summed E-state index contributed by atoms with van der Waals surface area (Å²) in [6, 6.07) is 6.00. The van der Waals surface area contributed by atoms with Crippen LogP contribution in [0.1, 0.15) is 35.9 Å². The number of carbonyl (C=O) groups excluding carboxylic acids is 1. The maximum absolute atomic E-state index is 11.4. The molecule has 0 saturated heterocycles. The van der Waals surface area contributed by atoms with Gasteiger partial charge in [0.2, 0.25) is 0 Å². The highest BCUT2D eigenvalue weighted by Crippen LogP contribution is 2.34. The summed E-state index contributed by atoms with van der Waals surface area (Å²) >= 11 is 0. The van der Waals surface area contributed by atoms with Crippen LogP contribution < -0.4 is 11.3 Å². The predicted octanol–water partition coefficient (Wildman–Crippen LogP) is 0.915. The van der Waals surface area contributed by atoms with Crippen molar-refractivity contribution in [1.82, 2.24) is 15.3 Å². The van der Waals surface area contributed by atoms with E-state index in [1.165, 1.54) is 12.8 Å². The van der Waals surface area contributed by atoms with Crippen molar-refractivity contribution in [1.29, 1.82) is 0 Å². The number of nitrogen functional groups attached to an aromatic ring is 1. The van der Waals surface area contributed by atoms with E-state index >= 15 is 0 Å². The quantitative estimate of drug-likeness (QED) is 0.462. The molecule has 0 radical (unpaired) electrons. The van der Waals surface area contributed by atoms with Gasteiger partial charge in [-0.05, 0) is 44.9 Å². The molecular weight excluding hydrogens is 228 g/mol. The fourth-order valence-electron chi connectivity index (χ4n) is 2.11. The third kappa shape index (κ3) is 3.05. The van der Waals surface area contributed by atoms with Gasteiger partial charge in [-0.3, -0.25) is 15.1 Å². The van der Waals surface area contributed by atoms with E-state index in [9.17, 15) is 4.79 Å². The van der Waals surface area contributed by atoms with E-state index in [-0.39, 0.29) is 5.91 Å². The Kier molecular flexibility index (Phi) is 3.93. The number of aromatic nitrogens is 1. The lowest BCUT2D eigenvalue weighted by molar-refractivity contribution is 0.0948. The van der Waals surface area contributed by atoms with Crippen molar-refractivity contribution < 1.29 is 4.79 Å². The first-order chi connectivity index (χ1) is 8.61. The van der Waals surface area contributed by atoms with Crippen molar-refractivity contribution in [3.05, 3.63) is 29.6 Å². The molecule has 1 amide bonds. The molecule has 5 heteroatoms. The van der Waals surface area contributed by atoms with Crippen molar-refractivity contribution in [2.24, 2.45) is 11.8 Å². The molecule has 18 heavy (non-hydrogen) atoms. The number of amides is 1. The van der Waals surface area contributed by atoms with Gasteiger partial charge in [0.1, 0.15) is 5.69 Å². The molecule has 3 N–H and O–H groups in total. The van der Waals surface area contributed by atoms with E-state index in [0.717, 1.165) is 18.2 Å². The van der Waals surface area contributed by atoms with Crippen molar-refractivity contribution in [2.75, 3.05) is 7.05 Å². The number of hydrogen-bond acceptors (Lipinski definition) is 4. The van der Waals surface area contributed by atoms with Gasteiger partial charge in [0.05, 0.1) is 5.69 Å². The lowest BCUT2D eigenvalue weighted by Gasteiger charge is -2.24. The summed E-state index contributed by atoms with van der Waals surface area (Å²) in [5.74, 6) is 5.57. The summed E-state index contributed by atoms with van der Waals surface area (Å²) in [4.78, 5) is 18.0. The number of nitrogens with one attached hydrogen (secondary N) is 1. The molecule has 1 aliphatic rings. The van der Waals surface area contributed by atoms with Crippen LogP contribution in [-0.4, -0.2) is 28.9 Å². The second-order valence-electron chi connectivity index (χ2n) is 4.98. The van der Waals surface area contributed by atoms with E-state index in [1.807, 2.05) is 12.1 Å². The number of hydrogen-bond donors (Lipinski definition) is 2. The van der Waals surface area contributed by atoms with Crippen LogP contribution in [0.5, 0.6) is 0 Å². The van der Waals surface area contributed by atoms with E-state index in [0.29, 0.717) is 11.7 Å². The normalized spacial score (nSPS) is 16.7. The van der Waals surface area contributed by atoms with E-state index < -0.39 is 0 Å². The summed E-state index contributed by atoms with van der Waals surface area (Å²) in [7, 11) is 2.10. The molecule has 5 nitrogen and oxygen atoms in total. The van der Waals surface area contributed by atoms with E-state index in [2.05, 4.69) is 29.3 Å². The molecule has 1 aliphatic carbocycles. The Morgan fingerprint density at radius 1 is 1.61 bits per heavy atom. The van der Waals surface area contributed by atoms with Crippen molar-refractivity contribution in [3.63, 3.8) is 0 Å². The van der Waals surface area contributed by atoms with Crippen LogP contribution >= 0.6 is 0 Å². The number of pyridine rings is 1. The predicted molar refractivity (Wildman–Crippen MR) is 69.5 cm³/mol. The highest BCUT2D eigenvalue weighted by molar-refractivity contribution is 5.91. The van der Waals surface area contributed by atoms with Crippen LogP contribution in [0.25, 0.3) is 0 Å². The number of nitrogens with zero attached hydrogens (tertiary/aromatic N) is 2. The molecule has 1 fully saturated rings. The fourth-order valence-corrected chi connectivity index (χ4v) is 2.11. The fraction of sp³-hybridized carbons (Fsp3) is 0.538. The summed E-state index contributed by atoms with van der Waals surface area (Å²) < 4.78 is 0. The Morgan fingerprint density at radius 3 is 2.94 bits per heavy atom. The van der Waals surface area contributed by atoms with E-state index in [1.54, 1.807) is 6.07 Å². The number of nitrogens with two attached hydrogens (primary N) is 1. The number of hydrazine groups is 1. The Morgan fingerprint density at radius 2 is 2.33 bits per heavy atom. The molecule has 0 bridgehead atoms. The molecule has 1 heterocycles. The minimum atomic E-state index is -0.352. The van der Waals surface area contributed by atoms with Gasteiger partial charge in [0.15, 0.2) is 0 Å². The Hall–Kier alpha value is -1.46. The van der Waals surface area contributed by atoms with Gasteiger partial charge in [-0.15, -0.1) is 0 Å². The van der Waals surface area contributed by atoms with E-state index in [4.69, 9.17) is 5.84 Å². The Labute approximate surface area is 107 Å². The van der Waals surface area contributed by atoms with Crippen molar-refractivity contribution in [3.8, 4) is 0 Å². The van der Waals surface area contributed by atoms with Crippen molar-refractivity contribution in [2.45, 2.75) is 32.4 Å². The highest BCUT2D eigenvalue weighted by atomic mass is 16.2. The molecule has 0 aromatic carbocycles. The van der Waals surface area contributed by atoms with Crippen LogP contribution in [0.3, 0.4) is 0 Å². The first kappa shape index (κ1) is 13.0. The monoisotopic (exact) mass is 248 g/mol. The average Bonchev–Trinajstić information content (AvgIpc) is 3.21. The minimum absolute atomic E-state index is 0.352. The molecule has 2 rings (SSSR count). The molecule has 1 saturated carbocycles. The lowest BCUT2D eigenvalue weighted by atomic mass is 10.2. The second-order valence-corrected chi connectivity index (χ2v) is 4.98. The molecular formula is C13H20N4O. The third-order valence-corrected chi connectivity index (χ3v) is 3.58. The molecule has 1 atom stereocenters. The molecule has 0 spiro atoms. The third-order valence-electron chi connectivity index (χ3n) is 3.58. The summed E-state index contributed by atoms with van der Waals surface area (Å²) in [6.07, 6.45) is 2.66. The van der Waals surface area contributed by atoms with Gasteiger partial charge < -0.3 is 0 Å². The van der Waals surface area contributed by atoms with Gasteiger partial charge in [-0.2, -0.15) is 0 Å². The molecule has 1 aromatic heterocycles. The van der Waals surface area contributed by atoms with Crippen LogP contribution in [-0.2, 0) is 6.54 Å². The SMILES string of the molecule is CC(C1CC1)N(C)Cc1cccc(C(=O)NN)n1. The maximum atomic E-state index is 11.4. The maximum Gasteiger partial charge on any atom is 0.283 e. The lowest BCUT2D eigenvalue weighted by Crippen LogP contribution is -2.32. The second kappa shape index (κ2) is 5.46. The smallest absolute Gasteiger partial charge is 0.283 e. The largest absolute Gasteiger partial charge is 0.298 e. The zero-order valence-electron chi connectivity index (χ0n) is 10.9. The summed E-state index contributed by atoms with van der Waals surface area (Å²) in [6.45, 7) is 3.00. The van der Waals surface area contributed by atoms with Gasteiger partial charge in [-0.25, -0.2) is 10.8 Å². The van der Waals surface area contributed by atoms with Crippen LogP contribution in [0.4, 0.5) is 0 Å². The van der Waals surface area contributed by atoms with Crippen LogP contribution in [0, 0.1) is 5.92 Å². The number of rotatable bonds is 5. The molecule has 0 aliphatic heterocycles. The van der Waals surface area contributed by atoms with Crippen LogP contribution in [0.15, 0.2) is 18.2 Å². The van der Waals surface area contributed by atoms with Crippen LogP contribution in [0.2, 0.25) is 0 Å². The summed E-state index contributed by atoms with van der Waals surface area (Å²) in [5.41, 5.74) is 3.36. The first-order valence-electron chi connectivity index (χ1n) is 6.29. The first-order valence-corrected chi connectivity index (χ1v) is 6.29. The minimum Gasteiger partial charge on any atom is -0.298 e. The highest BCUT2D eigenvalue weighted by Gasteiger charge is 2.30. The number of carbonyl (C=O) groups is 1. The van der Waals surface area contributed by atoms with Gasteiger partial charge >= 0.3 is 0 Å². The molecule has 1 aromatic rings. The average molecular weight is 248 g/mol. The molecule has 98 valence electrons. The molecule has 1 unspecified atom stereocenters. The Bertz CT molecular complexity index is 431. The van der Waals surface area contributed by atoms with Gasteiger partial charge in [0.25, 0.3) is 5.91 Å².